The predicted octanol–water partition coefficient (Wildman–Crippen LogP) is 4.97. The van der Waals surface area contributed by atoms with Crippen molar-refractivity contribution >= 4 is 27.5 Å². The monoisotopic (exact) mass is 383 g/mol. The molecule has 0 heterocycles. The Bertz CT molecular complexity index is 649. The largest absolute Gasteiger partial charge is 0.493 e. The van der Waals surface area contributed by atoms with Crippen LogP contribution in [-0.4, -0.2) is 14.2 Å². The Balaban J connectivity index is 2.12. The molecule has 0 aliphatic heterocycles. The summed E-state index contributed by atoms with van der Waals surface area (Å²) in [6, 6.07) is 12.2. The van der Waals surface area contributed by atoms with E-state index in [1.54, 1.807) is 14.2 Å². The van der Waals surface area contributed by atoms with Gasteiger partial charge in [0.2, 0.25) is 0 Å². The number of halogens is 2. The molecule has 1 unspecified atom stereocenters. The van der Waals surface area contributed by atoms with E-state index in [-0.39, 0.29) is 6.04 Å². The van der Waals surface area contributed by atoms with E-state index < -0.39 is 0 Å². The zero-order valence-electron chi connectivity index (χ0n) is 12.8. The molecule has 22 heavy (non-hydrogen) atoms. The Labute approximate surface area is 144 Å². The summed E-state index contributed by atoms with van der Waals surface area (Å²) in [7, 11) is 3.19. The van der Waals surface area contributed by atoms with Gasteiger partial charge in [-0.3, -0.25) is 0 Å². The predicted molar refractivity (Wildman–Crippen MR) is 94.0 cm³/mol. The highest BCUT2D eigenvalue weighted by Gasteiger charge is 2.12. The van der Waals surface area contributed by atoms with Crippen molar-refractivity contribution in [1.82, 2.24) is 5.32 Å². The molecule has 2 aromatic rings. The van der Waals surface area contributed by atoms with Crippen LogP contribution in [0.15, 0.2) is 40.9 Å². The molecule has 0 spiro atoms. The summed E-state index contributed by atoms with van der Waals surface area (Å²) in [5, 5.41) is 4.04. The first kappa shape index (κ1) is 17.1. The van der Waals surface area contributed by atoms with Crippen LogP contribution >= 0.6 is 27.5 Å². The zero-order chi connectivity index (χ0) is 16.1. The van der Waals surface area contributed by atoms with Crippen molar-refractivity contribution in [2.24, 2.45) is 0 Å². The van der Waals surface area contributed by atoms with Gasteiger partial charge < -0.3 is 14.8 Å². The van der Waals surface area contributed by atoms with Crippen LogP contribution < -0.4 is 14.8 Å². The molecule has 2 aromatic carbocycles. The van der Waals surface area contributed by atoms with Gasteiger partial charge in [0.1, 0.15) is 0 Å². The summed E-state index contributed by atoms with van der Waals surface area (Å²) in [6.07, 6.45) is 0. The van der Waals surface area contributed by atoms with Crippen molar-refractivity contribution in [3.8, 4) is 11.5 Å². The minimum absolute atomic E-state index is 0.211. The van der Waals surface area contributed by atoms with Crippen LogP contribution in [0, 0.1) is 0 Å². The molecule has 1 atom stereocenters. The smallest absolute Gasteiger partial charge is 0.179 e. The SMILES string of the molecule is COc1cc(CNC(C)c2ccccc2Br)cc(Cl)c1OC. The van der Waals surface area contributed by atoms with Crippen LogP contribution in [0.4, 0.5) is 0 Å². The molecule has 0 aromatic heterocycles. The molecule has 0 aliphatic rings. The Morgan fingerprint density at radius 2 is 1.91 bits per heavy atom. The minimum atomic E-state index is 0.211. The molecule has 3 nitrogen and oxygen atoms in total. The van der Waals surface area contributed by atoms with Gasteiger partial charge in [-0.2, -0.15) is 0 Å². The summed E-state index contributed by atoms with van der Waals surface area (Å²) in [6.45, 7) is 2.81. The molecule has 5 heteroatoms. The zero-order valence-corrected chi connectivity index (χ0v) is 15.2. The van der Waals surface area contributed by atoms with E-state index in [1.807, 2.05) is 30.3 Å². The minimum Gasteiger partial charge on any atom is -0.493 e. The van der Waals surface area contributed by atoms with Crippen molar-refractivity contribution in [1.29, 1.82) is 0 Å². The molecule has 0 saturated carbocycles. The fourth-order valence-electron chi connectivity index (χ4n) is 2.28. The van der Waals surface area contributed by atoms with E-state index in [9.17, 15) is 0 Å². The standard InChI is InChI=1S/C17H19BrClNO2/c1-11(13-6-4-5-7-14(13)18)20-10-12-8-15(19)17(22-3)16(9-12)21-2/h4-9,11,20H,10H2,1-3H3. The number of ether oxygens (including phenoxy) is 2. The van der Waals surface area contributed by atoms with Gasteiger partial charge in [-0.1, -0.05) is 45.7 Å². The van der Waals surface area contributed by atoms with Gasteiger partial charge in [0, 0.05) is 17.1 Å². The van der Waals surface area contributed by atoms with Gasteiger partial charge in [0.25, 0.3) is 0 Å². The highest BCUT2D eigenvalue weighted by Crippen LogP contribution is 2.36. The maximum Gasteiger partial charge on any atom is 0.179 e. The van der Waals surface area contributed by atoms with Gasteiger partial charge >= 0.3 is 0 Å². The molecule has 0 bridgehead atoms. The first-order valence-electron chi connectivity index (χ1n) is 6.95. The van der Waals surface area contributed by atoms with Crippen LogP contribution in [0.2, 0.25) is 5.02 Å². The summed E-state index contributed by atoms with van der Waals surface area (Å²) >= 11 is 9.81. The number of nitrogens with one attached hydrogen (secondary N) is 1. The third-order valence-corrected chi connectivity index (χ3v) is 4.48. The third kappa shape index (κ3) is 3.94. The summed E-state index contributed by atoms with van der Waals surface area (Å²) < 4.78 is 11.7. The Hall–Kier alpha value is -1.23. The molecule has 2 rings (SSSR count). The van der Waals surface area contributed by atoms with Crippen LogP contribution in [-0.2, 0) is 6.54 Å². The Kier molecular flexibility index (Phi) is 6.12. The summed E-state index contributed by atoms with van der Waals surface area (Å²) in [5.41, 5.74) is 2.26. The quantitative estimate of drug-likeness (QED) is 0.762. The second kappa shape index (κ2) is 7.86. The lowest BCUT2D eigenvalue weighted by Crippen LogP contribution is -2.18. The fourth-order valence-corrected chi connectivity index (χ4v) is 3.22. The highest BCUT2D eigenvalue weighted by molar-refractivity contribution is 9.10. The molecule has 118 valence electrons. The van der Waals surface area contributed by atoms with E-state index in [4.69, 9.17) is 21.1 Å². The molecular weight excluding hydrogens is 366 g/mol. The van der Waals surface area contributed by atoms with Gasteiger partial charge in [-0.15, -0.1) is 0 Å². The van der Waals surface area contributed by atoms with Gasteiger partial charge in [-0.05, 0) is 36.2 Å². The first-order chi connectivity index (χ1) is 10.6. The van der Waals surface area contributed by atoms with Gasteiger partial charge in [0.05, 0.1) is 19.2 Å². The number of benzene rings is 2. The van der Waals surface area contributed by atoms with Gasteiger partial charge in [0.15, 0.2) is 11.5 Å². The van der Waals surface area contributed by atoms with E-state index in [0.29, 0.717) is 23.1 Å². The van der Waals surface area contributed by atoms with Crippen LogP contribution in [0.25, 0.3) is 0 Å². The second-order valence-electron chi connectivity index (χ2n) is 4.94. The van der Waals surface area contributed by atoms with Crippen molar-refractivity contribution in [2.45, 2.75) is 19.5 Å². The maximum absolute atomic E-state index is 6.23. The normalized spacial score (nSPS) is 12.0. The van der Waals surface area contributed by atoms with E-state index in [2.05, 4.69) is 34.2 Å². The first-order valence-corrected chi connectivity index (χ1v) is 8.12. The molecule has 0 aliphatic carbocycles. The average molecular weight is 385 g/mol. The molecule has 0 fully saturated rings. The number of hydrogen-bond acceptors (Lipinski definition) is 3. The molecule has 1 N–H and O–H groups in total. The lowest BCUT2D eigenvalue weighted by Gasteiger charge is -2.17. The highest BCUT2D eigenvalue weighted by atomic mass is 79.9. The maximum atomic E-state index is 6.23. The second-order valence-corrected chi connectivity index (χ2v) is 6.20. The lowest BCUT2D eigenvalue weighted by molar-refractivity contribution is 0.354. The Morgan fingerprint density at radius 1 is 1.18 bits per heavy atom. The van der Waals surface area contributed by atoms with Crippen molar-refractivity contribution in [3.05, 3.63) is 57.0 Å². The molecular formula is C17H19BrClNO2. The third-order valence-electron chi connectivity index (χ3n) is 3.48. The number of hydrogen-bond donors (Lipinski definition) is 1. The van der Waals surface area contributed by atoms with Crippen molar-refractivity contribution in [3.63, 3.8) is 0 Å². The fraction of sp³-hybridized carbons (Fsp3) is 0.294. The lowest BCUT2D eigenvalue weighted by atomic mass is 10.1. The topological polar surface area (TPSA) is 30.5 Å². The number of rotatable bonds is 6. The van der Waals surface area contributed by atoms with Crippen LogP contribution in [0.3, 0.4) is 0 Å². The van der Waals surface area contributed by atoms with Crippen LogP contribution in [0.5, 0.6) is 11.5 Å². The van der Waals surface area contributed by atoms with E-state index in [0.717, 1.165) is 10.0 Å². The molecule has 0 saturated heterocycles. The van der Waals surface area contributed by atoms with E-state index >= 15 is 0 Å². The van der Waals surface area contributed by atoms with Crippen molar-refractivity contribution in [2.75, 3.05) is 14.2 Å². The number of methoxy groups -OCH3 is 2. The van der Waals surface area contributed by atoms with Crippen molar-refractivity contribution < 1.29 is 9.47 Å². The summed E-state index contributed by atoms with van der Waals surface area (Å²) in [4.78, 5) is 0. The summed E-state index contributed by atoms with van der Waals surface area (Å²) in [5.74, 6) is 1.20. The van der Waals surface area contributed by atoms with Crippen LogP contribution in [0.1, 0.15) is 24.1 Å². The average Bonchev–Trinajstić information content (AvgIpc) is 2.52. The Morgan fingerprint density at radius 3 is 2.55 bits per heavy atom. The van der Waals surface area contributed by atoms with E-state index in [1.165, 1.54) is 5.56 Å². The molecule has 0 amide bonds. The molecule has 0 radical (unpaired) electrons. The van der Waals surface area contributed by atoms with Gasteiger partial charge in [-0.25, -0.2) is 0 Å².